The molecule has 3 unspecified atom stereocenters. The predicted octanol–water partition coefficient (Wildman–Crippen LogP) is 2.37. The third-order valence-electron chi connectivity index (χ3n) is 4.03. The molecule has 0 aromatic rings. The van der Waals surface area contributed by atoms with Crippen LogP contribution in [0.2, 0.25) is 0 Å². The molecular weight excluding hydrogens is 164 g/mol. The molecule has 76 valence electrons. The molecule has 2 heteroatoms. The van der Waals surface area contributed by atoms with Gasteiger partial charge in [0, 0.05) is 7.11 Å². The average molecular weight is 184 g/mol. The van der Waals surface area contributed by atoms with Gasteiger partial charge in [-0.15, -0.1) is 0 Å². The summed E-state index contributed by atoms with van der Waals surface area (Å²) in [5.74, 6) is 0.665. The summed E-state index contributed by atoms with van der Waals surface area (Å²) >= 11 is 0. The summed E-state index contributed by atoms with van der Waals surface area (Å²) in [5.41, 5.74) is 0.258. The van der Waals surface area contributed by atoms with Crippen LogP contribution in [0.3, 0.4) is 0 Å². The molecule has 2 rings (SSSR count). The molecular formula is C11H20O2. The van der Waals surface area contributed by atoms with E-state index < -0.39 is 0 Å². The van der Waals surface area contributed by atoms with Crippen LogP contribution in [0.15, 0.2) is 0 Å². The Labute approximate surface area is 80.6 Å². The molecule has 2 aliphatic rings. The molecule has 0 radical (unpaired) electrons. The topological polar surface area (TPSA) is 21.8 Å². The Bertz CT molecular complexity index is 212. The Morgan fingerprint density at radius 2 is 2.15 bits per heavy atom. The molecule has 13 heavy (non-hydrogen) atoms. The highest BCUT2D eigenvalue weighted by Gasteiger charge is 2.57. The van der Waals surface area contributed by atoms with E-state index in [0.29, 0.717) is 12.0 Å². The van der Waals surface area contributed by atoms with Gasteiger partial charge in [0.1, 0.15) is 0 Å². The van der Waals surface area contributed by atoms with Crippen LogP contribution in [0.25, 0.3) is 0 Å². The maximum atomic E-state index is 5.68. The zero-order valence-electron chi connectivity index (χ0n) is 9.09. The first-order chi connectivity index (χ1) is 5.98. The zero-order valence-corrected chi connectivity index (χ0v) is 9.09. The van der Waals surface area contributed by atoms with Gasteiger partial charge in [-0.1, -0.05) is 0 Å². The number of epoxide rings is 1. The molecule has 1 saturated carbocycles. The zero-order chi connectivity index (χ0) is 9.69. The van der Waals surface area contributed by atoms with Gasteiger partial charge in [-0.3, -0.25) is 0 Å². The van der Waals surface area contributed by atoms with Crippen LogP contribution < -0.4 is 0 Å². The van der Waals surface area contributed by atoms with Crippen molar-refractivity contribution in [1.82, 2.24) is 0 Å². The highest BCUT2D eigenvalue weighted by molar-refractivity contribution is 5.05. The molecule has 1 saturated heterocycles. The van der Waals surface area contributed by atoms with Crippen molar-refractivity contribution in [3.05, 3.63) is 0 Å². The first-order valence-corrected chi connectivity index (χ1v) is 5.21. The van der Waals surface area contributed by atoms with E-state index in [1.165, 1.54) is 19.3 Å². The second-order valence-electron chi connectivity index (χ2n) is 5.20. The van der Waals surface area contributed by atoms with Crippen molar-refractivity contribution in [2.75, 3.05) is 7.11 Å². The average Bonchev–Trinajstić information content (AvgIpc) is 2.75. The normalized spacial score (nSPS) is 44.3. The van der Waals surface area contributed by atoms with Crippen molar-refractivity contribution in [2.45, 2.75) is 57.3 Å². The monoisotopic (exact) mass is 184 g/mol. The molecule has 0 spiro atoms. The van der Waals surface area contributed by atoms with Crippen molar-refractivity contribution in [3.8, 4) is 0 Å². The van der Waals surface area contributed by atoms with Gasteiger partial charge in [0.25, 0.3) is 0 Å². The Morgan fingerprint density at radius 1 is 1.46 bits per heavy atom. The number of rotatable bonds is 2. The number of hydrogen-bond donors (Lipinski definition) is 0. The SMILES string of the molecule is COC(C)(C)C1CCC2(C)OC2C1. The molecule has 1 aliphatic carbocycles. The minimum absolute atomic E-state index is 0.0211. The third-order valence-corrected chi connectivity index (χ3v) is 4.03. The van der Waals surface area contributed by atoms with Crippen LogP contribution in [-0.2, 0) is 9.47 Å². The Balaban J connectivity index is 1.97. The van der Waals surface area contributed by atoms with Gasteiger partial charge in [-0.25, -0.2) is 0 Å². The third kappa shape index (κ3) is 1.50. The van der Waals surface area contributed by atoms with E-state index in [1.807, 2.05) is 7.11 Å². The lowest BCUT2D eigenvalue weighted by atomic mass is 9.75. The highest BCUT2D eigenvalue weighted by Crippen LogP contribution is 2.51. The van der Waals surface area contributed by atoms with Crippen LogP contribution >= 0.6 is 0 Å². The Kier molecular flexibility index (Phi) is 1.97. The van der Waals surface area contributed by atoms with Crippen molar-refractivity contribution in [1.29, 1.82) is 0 Å². The van der Waals surface area contributed by atoms with Gasteiger partial charge in [0.15, 0.2) is 0 Å². The molecule has 0 aromatic heterocycles. The summed E-state index contributed by atoms with van der Waals surface area (Å²) in [6.07, 6.45) is 4.14. The van der Waals surface area contributed by atoms with E-state index in [-0.39, 0.29) is 11.2 Å². The largest absolute Gasteiger partial charge is 0.379 e. The van der Waals surface area contributed by atoms with Crippen molar-refractivity contribution in [3.63, 3.8) is 0 Å². The van der Waals surface area contributed by atoms with Crippen molar-refractivity contribution < 1.29 is 9.47 Å². The van der Waals surface area contributed by atoms with Gasteiger partial charge in [0.2, 0.25) is 0 Å². The lowest BCUT2D eigenvalue weighted by Crippen LogP contribution is -2.38. The Morgan fingerprint density at radius 3 is 2.69 bits per heavy atom. The number of fused-ring (bicyclic) bond motifs is 1. The summed E-state index contributed by atoms with van der Waals surface area (Å²) < 4.78 is 11.2. The number of hydrogen-bond acceptors (Lipinski definition) is 2. The predicted molar refractivity (Wildman–Crippen MR) is 51.7 cm³/mol. The highest BCUT2D eigenvalue weighted by atomic mass is 16.6. The van der Waals surface area contributed by atoms with Crippen LogP contribution in [0.4, 0.5) is 0 Å². The fourth-order valence-electron chi connectivity index (χ4n) is 2.44. The molecule has 0 N–H and O–H groups in total. The molecule has 2 nitrogen and oxygen atoms in total. The van der Waals surface area contributed by atoms with E-state index in [9.17, 15) is 0 Å². The minimum Gasteiger partial charge on any atom is -0.379 e. The summed E-state index contributed by atoms with van der Waals surface area (Å²) in [4.78, 5) is 0. The molecule has 0 amide bonds. The van der Waals surface area contributed by atoms with E-state index in [0.717, 1.165) is 0 Å². The fraction of sp³-hybridized carbons (Fsp3) is 1.00. The van der Waals surface area contributed by atoms with Gasteiger partial charge in [-0.05, 0) is 46.0 Å². The molecule has 1 heterocycles. The van der Waals surface area contributed by atoms with Crippen molar-refractivity contribution >= 4 is 0 Å². The van der Waals surface area contributed by atoms with E-state index >= 15 is 0 Å². The van der Waals surface area contributed by atoms with Gasteiger partial charge in [0.05, 0.1) is 17.3 Å². The number of methoxy groups -OCH3 is 1. The molecule has 0 aromatic carbocycles. The first-order valence-electron chi connectivity index (χ1n) is 5.21. The summed E-state index contributed by atoms with van der Waals surface area (Å²) in [5, 5.41) is 0. The van der Waals surface area contributed by atoms with Crippen LogP contribution in [0, 0.1) is 5.92 Å². The van der Waals surface area contributed by atoms with Crippen molar-refractivity contribution in [2.24, 2.45) is 5.92 Å². The van der Waals surface area contributed by atoms with Crippen LogP contribution in [-0.4, -0.2) is 24.4 Å². The van der Waals surface area contributed by atoms with Crippen LogP contribution in [0.5, 0.6) is 0 Å². The molecule has 2 fully saturated rings. The van der Waals surface area contributed by atoms with Gasteiger partial charge in [-0.2, -0.15) is 0 Å². The maximum Gasteiger partial charge on any atom is 0.0920 e. The standard InChI is InChI=1S/C11H20O2/c1-10(2,12-4)8-5-6-11(3)9(7-8)13-11/h8-9H,5-7H2,1-4H3. The second-order valence-corrected chi connectivity index (χ2v) is 5.20. The quantitative estimate of drug-likeness (QED) is 0.614. The van der Waals surface area contributed by atoms with Crippen LogP contribution in [0.1, 0.15) is 40.0 Å². The molecule has 3 atom stereocenters. The van der Waals surface area contributed by atoms with Gasteiger partial charge >= 0.3 is 0 Å². The smallest absolute Gasteiger partial charge is 0.0920 e. The second kappa shape index (κ2) is 2.71. The Hall–Kier alpha value is -0.0800. The number of ether oxygens (including phenoxy) is 2. The van der Waals surface area contributed by atoms with Gasteiger partial charge < -0.3 is 9.47 Å². The lowest BCUT2D eigenvalue weighted by Gasteiger charge is -2.35. The maximum absolute atomic E-state index is 5.68. The summed E-state index contributed by atoms with van der Waals surface area (Å²) in [6, 6.07) is 0. The minimum atomic E-state index is 0.0211. The summed E-state index contributed by atoms with van der Waals surface area (Å²) in [7, 11) is 1.81. The van der Waals surface area contributed by atoms with E-state index in [2.05, 4.69) is 20.8 Å². The molecule has 1 aliphatic heterocycles. The first kappa shape index (κ1) is 9.47. The molecule has 0 bridgehead atoms. The summed E-state index contributed by atoms with van der Waals surface area (Å²) in [6.45, 7) is 6.60. The van der Waals surface area contributed by atoms with E-state index in [1.54, 1.807) is 0 Å². The lowest BCUT2D eigenvalue weighted by molar-refractivity contribution is -0.0391. The fourth-order valence-corrected chi connectivity index (χ4v) is 2.44. The van der Waals surface area contributed by atoms with E-state index in [4.69, 9.17) is 9.47 Å².